The van der Waals surface area contributed by atoms with E-state index in [0.717, 1.165) is 10.5 Å². The van der Waals surface area contributed by atoms with Crippen molar-refractivity contribution in [1.29, 1.82) is 0 Å². The molecule has 0 saturated carbocycles. The molecular formula is C19H15ClN2O3. The minimum absolute atomic E-state index is 0.0190. The number of benzene rings is 2. The van der Waals surface area contributed by atoms with E-state index in [0.29, 0.717) is 16.9 Å². The molecule has 0 atom stereocenters. The van der Waals surface area contributed by atoms with Gasteiger partial charge in [-0.05, 0) is 49.7 Å². The van der Waals surface area contributed by atoms with Gasteiger partial charge in [-0.3, -0.25) is 14.4 Å². The SMILES string of the molecule is CC(=O)c1ccc(NC2=C(Cl)C(=O)N(c3ccccc3C)C2=O)cc1. The molecule has 126 valence electrons. The van der Waals surface area contributed by atoms with E-state index in [1.165, 1.54) is 6.92 Å². The number of imide groups is 1. The first-order chi connectivity index (χ1) is 11.9. The highest BCUT2D eigenvalue weighted by molar-refractivity contribution is 6.53. The Morgan fingerprint density at radius 1 is 1.00 bits per heavy atom. The van der Waals surface area contributed by atoms with Gasteiger partial charge in [-0.2, -0.15) is 0 Å². The van der Waals surface area contributed by atoms with E-state index in [2.05, 4.69) is 5.32 Å². The molecular weight excluding hydrogens is 340 g/mol. The van der Waals surface area contributed by atoms with E-state index >= 15 is 0 Å². The van der Waals surface area contributed by atoms with Gasteiger partial charge in [0.25, 0.3) is 11.8 Å². The van der Waals surface area contributed by atoms with Crippen molar-refractivity contribution >= 4 is 40.6 Å². The molecule has 0 fully saturated rings. The number of carbonyl (C=O) groups excluding carboxylic acids is 3. The molecule has 3 rings (SSSR count). The number of halogens is 1. The smallest absolute Gasteiger partial charge is 0.283 e. The van der Waals surface area contributed by atoms with Crippen molar-refractivity contribution in [2.24, 2.45) is 0 Å². The lowest BCUT2D eigenvalue weighted by atomic mass is 10.1. The highest BCUT2D eigenvalue weighted by atomic mass is 35.5. The molecule has 1 N–H and O–H groups in total. The third-order valence-electron chi connectivity index (χ3n) is 3.94. The standard InChI is InChI=1S/C19H15ClN2O3/c1-11-5-3-4-6-15(11)22-18(24)16(20)17(19(22)25)21-14-9-7-13(8-10-14)12(2)23/h3-10,21H,1-2H3. The molecule has 25 heavy (non-hydrogen) atoms. The van der Waals surface area contributed by atoms with Crippen molar-refractivity contribution in [2.45, 2.75) is 13.8 Å². The Bertz CT molecular complexity index is 917. The summed E-state index contributed by atoms with van der Waals surface area (Å²) in [4.78, 5) is 37.5. The number of para-hydroxylation sites is 1. The summed E-state index contributed by atoms with van der Waals surface area (Å²) in [6.07, 6.45) is 0. The fourth-order valence-corrected chi connectivity index (χ4v) is 2.79. The summed E-state index contributed by atoms with van der Waals surface area (Å²) < 4.78 is 0. The Morgan fingerprint density at radius 2 is 1.64 bits per heavy atom. The summed E-state index contributed by atoms with van der Waals surface area (Å²) >= 11 is 6.10. The maximum Gasteiger partial charge on any atom is 0.283 e. The summed E-state index contributed by atoms with van der Waals surface area (Å²) in [7, 11) is 0. The van der Waals surface area contributed by atoms with Crippen molar-refractivity contribution in [1.82, 2.24) is 0 Å². The molecule has 2 aromatic carbocycles. The van der Waals surface area contributed by atoms with Crippen LogP contribution >= 0.6 is 11.6 Å². The van der Waals surface area contributed by atoms with Crippen LogP contribution in [0.3, 0.4) is 0 Å². The number of ketones is 1. The molecule has 0 saturated heterocycles. The number of aryl methyl sites for hydroxylation is 1. The Hall–Kier alpha value is -2.92. The molecule has 1 aliphatic heterocycles. The monoisotopic (exact) mass is 354 g/mol. The number of rotatable bonds is 4. The molecule has 1 aliphatic rings. The summed E-state index contributed by atoms with van der Waals surface area (Å²) in [5.41, 5.74) is 2.43. The number of hydrogen-bond acceptors (Lipinski definition) is 4. The molecule has 2 aromatic rings. The highest BCUT2D eigenvalue weighted by Gasteiger charge is 2.39. The Balaban J connectivity index is 1.90. The van der Waals surface area contributed by atoms with Crippen LogP contribution in [0.2, 0.25) is 0 Å². The van der Waals surface area contributed by atoms with E-state index in [-0.39, 0.29) is 16.5 Å². The van der Waals surface area contributed by atoms with Crippen LogP contribution in [0, 0.1) is 6.92 Å². The Morgan fingerprint density at radius 3 is 2.24 bits per heavy atom. The van der Waals surface area contributed by atoms with Crippen molar-refractivity contribution in [3.8, 4) is 0 Å². The summed E-state index contributed by atoms with van der Waals surface area (Å²) in [6.45, 7) is 3.29. The summed E-state index contributed by atoms with van der Waals surface area (Å²) in [6, 6.07) is 13.7. The number of amides is 2. The molecule has 0 aromatic heterocycles. The van der Waals surface area contributed by atoms with Crippen molar-refractivity contribution in [3.63, 3.8) is 0 Å². The minimum Gasteiger partial charge on any atom is -0.350 e. The average molecular weight is 355 g/mol. The third-order valence-corrected chi connectivity index (χ3v) is 4.30. The molecule has 0 aliphatic carbocycles. The number of anilines is 2. The molecule has 1 heterocycles. The van der Waals surface area contributed by atoms with Gasteiger partial charge < -0.3 is 5.32 Å². The fourth-order valence-electron chi connectivity index (χ4n) is 2.58. The molecule has 0 unspecified atom stereocenters. The Labute approximate surface area is 149 Å². The molecule has 0 bridgehead atoms. The molecule has 0 spiro atoms. The van der Waals surface area contributed by atoms with Crippen molar-refractivity contribution < 1.29 is 14.4 Å². The highest BCUT2D eigenvalue weighted by Crippen LogP contribution is 2.31. The zero-order valence-electron chi connectivity index (χ0n) is 13.7. The number of carbonyl (C=O) groups is 3. The van der Waals surface area contributed by atoms with E-state index in [4.69, 9.17) is 11.6 Å². The van der Waals surface area contributed by atoms with E-state index in [1.807, 2.05) is 19.1 Å². The van der Waals surface area contributed by atoms with Crippen LogP contribution in [0.4, 0.5) is 11.4 Å². The van der Waals surface area contributed by atoms with Gasteiger partial charge in [-0.25, -0.2) is 4.90 Å². The second-order valence-electron chi connectivity index (χ2n) is 5.68. The first-order valence-corrected chi connectivity index (χ1v) is 8.00. The van der Waals surface area contributed by atoms with Gasteiger partial charge >= 0.3 is 0 Å². The zero-order valence-corrected chi connectivity index (χ0v) is 14.4. The van der Waals surface area contributed by atoms with Gasteiger partial charge in [0.15, 0.2) is 5.78 Å². The molecule has 5 nitrogen and oxygen atoms in total. The van der Waals surface area contributed by atoms with Crippen molar-refractivity contribution in [3.05, 3.63) is 70.4 Å². The predicted molar refractivity (Wildman–Crippen MR) is 96.6 cm³/mol. The number of nitrogens with zero attached hydrogens (tertiary/aromatic N) is 1. The normalized spacial score (nSPS) is 14.3. The average Bonchev–Trinajstić information content (AvgIpc) is 2.80. The van der Waals surface area contributed by atoms with Gasteiger partial charge in [0, 0.05) is 11.3 Å². The lowest BCUT2D eigenvalue weighted by Crippen LogP contribution is -2.32. The zero-order chi connectivity index (χ0) is 18.1. The number of nitrogens with one attached hydrogen (secondary N) is 1. The lowest BCUT2D eigenvalue weighted by molar-refractivity contribution is -0.120. The van der Waals surface area contributed by atoms with Gasteiger partial charge in [0.1, 0.15) is 10.7 Å². The maximum absolute atomic E-state index is 12.7. The molecule has 6 heteroatoms. The van der Waals surface area contributed by atoms with Crippen LogP contribution in [0.25, 0.3) is 0 Å². The van der Waals surface area contributed by atoms with Gasteiger partial charge in [0.05, 0.1) is 5.69 Å². The lowest BCUT2D eigenvalue weighted by Gasteiger charge is -2.17. The van der Waals surface area contributed by atoms with Crippen LogP contribution in [-0.2, 0) is 9.59 Å². The van der Waals surface area contributed by atoms with Crippen molar-refractivity contribution in [2.75, 3.05) is 10.2 Å². The topological polar surface area (TPSA) is 66.5 Å². The molecule has 2 amide bonds. The van der Waals surface area contributed by atoms with Crippen LogP contribution < -0.4 is 10.2 Å². The quantitative estimate of drug-likeness (QED) is 0.672. The van der Waals surface area contributed by atoms with Gasteiger partial charge in [-0.15, -0.1) is 0 Å². The third kappa shape index (κ3) is 3.06. The van der Waals surface area contributed by atoms with E-state index in [9.17, 15) is 14.4 Å². The number of Topliss-reactive ketones (excluding diaryl/α,β-unsaturated/α-hetero) is 1. The van der Waals surface area contributed by atoms with E-state index in [1.54, 1.807) is 36.4 Å². The molecule has 0 radical (unpaired) electrons. The summed E-state index contributed by atoms with van der Waals surface area (Å²) in [5, 5.41) is 2.72. The van der Waals surface area contributed by atoms with E-state index < -0.39 is 11.8 Å². The van der Waals surface area contributed by atoms with Gasteiger partial charge in [-0.1, -0.05) is 29.8 Å². The maximum atomic E-state index is 12.7. The minimum atomic E-state index is -0.566. The van der Waals surface area contributed by atoms with Gasteiger partial charge in [0.2, 0.25) is 0 Å². The summed E-state index contributed by atoms with van der Waals surface area (Å²) in [5.74, 6) is -1.13. The van der Waals surface area contributed by atoms with Crippen LogP contribution in [0.5, 0.6) is 0 Å². The second-order valence-corrected chi connectivity index (χ2v) is 6.06. The largest absolute Gasteiger partial charge is 0.350 e. The number of hydrogen-bond donors (Lipinski definition) is 1. The first-order valence-electron chi connectivity index (χ1n) is 7.62. The van der Waals surface area contributed by atoms with Crippen LogP contribution in [-0.4, -0.2) is 17.6 Å². The fraction of sp³-hybridized carbons (Fsp3) is 0.105. The first kappa shape index (κ1) is 16.9. The predicted octanol–water partition coefficient (Wildman–Crippen LogP) is 3.63. The van der Waals surface area contributed by atoms with Crippen LogP contribution in [0.15, 0.2) is 59.3 Å². The Kier molecular flexibility index (Phi) is 4.42. The van der Waals surface area contributed by atoms with Crippen LogP contribution in [0.1, 0.15) is 22.8 Å². The second kappa shape index (κ2) is 6.53.